The van der Waals surface area contributed by atoms with E-state index in [0.717, 1.165) is 27.8 Å². The number of carboxylic acids is 1. The van der Waals surface area contributed by atoms with E-state index in [0.29, 0.717) is 16.7 Å². The second-order valence-corrected chi connectivity index (χ2v) is 9.40. The minimum Gasteiger partial charge on any atom is -0.481 e. The fourth-order valence-electron chi connectivity index (χ4n) is 4.95. The summed E-state index contributed by atoms with van der Waals surface area (Å²) in [4.78, 5) is 48.8. The summed E-state index contributed by atoms with van der Waals surface area (Å²) in [6.07, 6.45) is -1.32. The molecule has 0 saturated carbocycles. The maximum atomic E-state index is 13.1. The second-order valence-electron chi connectivity index (χ2n) is 9.40. The van der Waals surface area contributed by atoms with E-state index < -0.39 is 29.6 Å². The molecule has 9 nitrogen and oxygen atoms in total. The van der Waals surface area contributed by atoms with Crippen molar-refractivity contribution in [2.45, 2.75) is 31.7 Å². The first kappa shape index (κ1) is 25.7. The fraction of sp³-hybridized carbons (Fsp3) is 0.200. The van der Waals surface area contributed by atoms with Crippen molar-refractivity contribution in [3.8, 4) is 11.1 Å². The SMILES string of the molecule is Cc1cc(=O)oc2cc(NC(=O)C(CCC(=O)O)NC(=O)OCC3c4ccccc4-c4ccccc43)ccc12. The number of aliphatic carboxylic acids is 1. The smallest absolute Gasteiger partial charge is 0.407 e. The van der Waals surface area contributed by atoms with Gasteiger partial charge in [-0.25, -0.2) is 9.59 Å². The monoisotopic (exact) mass is 526 g/mol. The van der Waals surface area contributed by atoms with Gasteiger partial charge in [0.2, 0.25) is 5.91 Å². The van der Waals surface area contributed by atoms with Crippen LogP contribution in [0.5, 0.6) is 0 Å². The van der Waals surface area contributed by atoms with E-state index in [4.69, 9.17) is 14.3 Å². The molecule has 1 aromatic heterocycles. The highest BCUT2D eigenvalue weighted by Crippen LogP contribution is 2.44. The van der Waals surface area contributed by atoms with Crippen molar-refractivity contribution in [1.82, 2.24) is 5.32 Å². The van der Waals surface area contributed by atoms with Crippen molar-refractivity contribution in [3.05, 3.63) is 99.9 Å². The van der Waals surface area contributed by atoms with Gasteiger partial charge in [0, 0.05) is 35.5 Å². The number of aryl methyl sites for hydroxylation is 1. The van der Waals surface area contributed by atoms with Gasteiger partial charge >= 0.3 is 17.7 Å². The van der Waals surface area contributed by atoms with E-state index in [1.807, 2.05) is 48.5 Å². The van der Waals surface area contributed by atoms with Gasteiger partial charge in [-0.15, -0.1) is 0 Å². The number of carboxylic acid groups (broad SMARTS) is 1. The zero-order valence-corrected chi connectivity index (χ0v) is 21.1. The Balaban J connectivity index is 1.28. The highest BCUT2D eigenvalue weighted by atomic mass is 16.5. The number of rotatable bonds is 8. The molecule has 1 aliphatic carbocycles. The van der Waals surface area contributed by atoms with Crippen molar-refractivity contribution >= 4 is 34.6 Å². The molecular weight excluding hydrogens is 500 g/mol. The molecule has 0 radical (unpaired) electrons. The maximum absolute atomic E-state index is 13.1. The first-order valence-corrected chi connectivity index (χ1v) is 12.5. The van der Waals surface area contributed by atoms with Crippen molar-refractivity contribution < 1.29 is 28.6 Å². The quantitative estimate of drug-likeness (QED) is 0.280. The highest BCUT2D eigenvalue weighted by molar-refractivity contribution is 5.98. The molecule has 5 rings (SSSR count). The number of benzene rings is 3. The highest BCUT2D eigenvalue weighted by Gasteiger charge is 2.30. The third-order valence-electron chi connectivity index (χ3n) is 6.82. The molecule has 3 aromatic carbocycles. The Morgan fingerprint density at radius 1 is 0.974 bits per heavy atom. The molecule has 39 heavy (non-hydrogen) atoms. The van der Waals surface area contributed by atoms with Crippen LogP contribution in [0.1, 0.15) is 35.4 Å². The Labute approximate surface area is 223 Å². The van der Waals surface area contributed by atoms with Crippen LogP contribution in [0, 0.1) is 6.92 Å². The number of hydrogen-bond acceptors (Lipinski definition) is 6. The summed E-state index contributed by atoms with van der Waals surface area (Å²) >= 11 is 0. The molecule has 1 atom stereocenters. The Hall–Kier alpha value is -4.92. The summed E-state index contributed by atoms with van der Waals surface area (Å²) in [5.74, 6) is -1.89. The van der Waals surface area contributed by atoms with Crippen molar-refractivity contribution in [3.63, 3.8) is 0 Å². The predicted molar refractivity (Wildman–Crippen MR) is 145 cm³/mol. The molecule has 198 valence electrons. The van der Waals surface area contributed by atoms with E-state index >= 15 is 0 Å². The molecule has 1 aliphatic rings. The van der Waals surface area contributed by atoms with Crippen LogP contribution in [0.3, 0.4) is 0 Å². The van der Waals surface area contributed by atoms with Crippen LogP contribution in [-0.4, -0.2) is 35.7 Å². The zero-order valence-electron chi connectivity index (χ0n) is 21.1. The number of carbonyl (C=O) groups excluding carboxylic acids is 2. The molecule has 0 spiro atoms. The van der Waals surface area contributed by atoms with Gasteiger partial charge in [-0.2, -0.15) is 0 Å². The number of amides is 2. The molecule has 0 saturated heterocycles. The lowest BCUT2D eigenvalue weighted by Gasteiger charge is -2.19. The summed E-state index contributed by atoms with van der Waals surface area (Å²) in [5, 5.41) is 15.0. The Morgan fingerprint density at radius 3 is 2.31 bits per heavy atom. The lowest BCUT2D eigenvalue weighted by atomic mass is 9.98. The van der Waals surface area contributed by atoms with Gasteiger partial charge in [0.25, 0.3) is 0 Å². The number of ether oxygens (including phenoxy) is 1. The molecule has 4 aromatic rings. The van der Waals surface area contributed by atoms with Crippen LogP contribution in [0.25, 0.3) is 22.1 Å². The average Bonchev–Trinajstić information content (AvgIpc) is 3.23. The Kier molecular flexibility index (Phi) is 7.14. The molecule has 1 unspecified atom stereocenters. The third kappa shape index (κ3) is 5.52. The zero-order chi connectivity index (χ0) is 27.5. The number of fused-ring (bicyclic) bond motifs is 4. The second kappa shape index (κ2) is 10.8. The Morgan fingerprint density at radius 2 is 1.64 bits per heavy atom. The number of alkyl carbamates (subject to hydrolysis) is 1. The normalized spacial score (nSPS) is 12.8. The van der Waals surface area contributed by atoms with Crippen LogP contribution < -0.4 is 16.3 Å². The fourth-order valence-corrected chi connectivity index (χ4v) is 4.95. The number of carbonyl (C=O) groups is 3. The lowest BCUT2D eigenvalue weighted by Crippen LogP contribution is -2.44. The van der Waals surface area contributed by atoms with E-state index in [9.17, 15) is 19.2 Å². The van der Waals surface area contributed by atoms with E-state index in [-0.39, 0.29) is 25.4 Å². The third-order valence-corrected chi connectivity index (χ3v) is 6.82. The minimum absolute atomic E-state index is 0.0518. The topological polar surface area (TPSA) is 135 Å². The Bertz CT molecular complexity index is 1600. The van der Waals surface area contributed by atoms with Crippen molar-refractivity contribution in [2.75, 3.05) is 11.9 Å². The molecule has 9 heteroatoms. The van der Waals surface area contributed by atoms with Gasteiger partial charge in [0.1, 0.15) is 18.2 Å². The van der Waals surface area contributed by atoms with Gasteiger partial charge < -0.3 is 24.9 Å². The van der Waals surface area contributed by atoms with Crippen LogP contribution in [-0.2, 0) is 14.3 Å². The summed E-state index contributed by atoms with van der Waals surface area (Å²) in [6, 6.07) is 20.9. The largest absolute Gasteiger partial charge is 0.481 e. The standard InChI is InChI=1S/C30H26N2O7/c1-17-14-28(35)39-26-15-18(10-11-19(17)26)31-29(36)25(12-13-27(33)34)32-30(37)38-16-24-22-8-4-2-6-20(22)21-7-3-5-9-23(21)24/h2-11,14-15,24-25H,12-13,16H2,1H3,(H,31,36)(H,32,37)(H,33,34). The van der Waals surface area contributed by atoms with Gasteiger partial charge in [-0.3, -0.25) is 9.59 Å². The molecule has 0 bridgehead atoms. The van der Waals surface area contributed by atoms with E-state index in [1.165, 1.54) is 12.1 Å². The van der Waals surface area contributed by atoms with Gasteiger partial charge in [-0.05, 0) is 53.3 Å². The maximum Gasteiger partial charge on any atom is 0.407 e. The summed E-state index contributed by atoms with van der Waals surface area (Å²) in [5.41, 5.74) is 5.11. The first-order chi connectivity index (χ1) is 18.8. The van der Waals surface area contributed by atoms with Crippen LogP contribution in [0.2, 0.25) is 0 Å². The minimum atomic E-state index is -1.17. The van der Waals surface area contributed by atoms with Gasteiger partial charge in [0.05, 0.1) is 0 Å². The molecule has 3 N–H and O–H groups in total. The van der Waals surface area contributed by atoms with E-state index in [2.05, 4.69) is 10.6 Å². The number of anilines is 1. The molecule has 0 fully saturated rings. The lowest BCUT2D eigenvalue weighted by molar-refractivity contribution is -0.137. The van der Waals surface area contributed by atoms with Crippen molar-refractivity contribution in [1.29, 1.82) is 0 Å². The summed E-state index contributed by atoms with van der Waals surface area (Å²) in [7, 11) is 0. The van der Waals surface area contributed by atoms with Gasteiger partial charge in [0.15, 0.2) is 0 Å². The summed E-state index contributed by atoms with van der Waals surface area (Å²) < 4.78 is 10.8. The summed E-state index contributed by atoms with van der Waals surface area (Å²) in [6.45, 7) is 1.83. The molecule has 2 amide bonds. The average molecular weight is 527 g/mol. The van der Waals surface area contributed by atoms with E-state index in [1.54, 1.807) is 19.1 Å². The van der Waals surface area contributed by atoms with Crippen molar-refractivity contribution in [2.24, 2.45) is 0 Å². The molecular formula is C30H26N2O7. The van der Waals surface area contributed by atoms with Crippen LogP contribution >= 0.6 is 0 Å². The number of nitrogens with one attached hydrogen (secondary N) is 2. The first-order valence-electron chi connectivity index (χ1n) is 12.5. The van der Waals surface area contributed by atoms with Crippen LogP contribution in [0.15, 0.2) is 82.0 Å². The molecule has 1 heterocycles. The predicted octanol–water partition coefficient (Wildman–Crippen LogP) is 4.81. The molecule has 0 aliphatic heterocycles. The van der Waals surface area contributed by atoms with Gasteiger partial charge in [-0.1, -0.05) is 48.5 Å². The van der Waals surface area contributed by atoms with Crippen LogP contribution in [0.4, 0.5) is 10.5 Å². The number of hydrogen-bond donors (Lipinski definition) is 3.